The van der Waals surface area contributed by atoms with Crippen LogP contribution in [0.2, 0.25) is 0 Å². The molecule has 0 atom stereocenters. The molecule has 0 saturated heterocycles. The number of ether oxygens (including phenoxy) is 2. The number of amides is 1. The number of hydrogen-bond donors (Lipinski definition) is 1. The molecular formula is C20H20N2O3. The minimum atomic E-state index is -0.121. The van der Waals surface area contributed by atoms with Crippen molar-refractivity contribution < 1.29 is 14.3 Å². The number of para-hydroxylation sites is 1. The van der Waals surface area contributed by atoms with Crippen molar-refractivity contribution in [3.63, 3.8) is 0 Å². The van der Waals surface area contributed by atoms with Crippen molar-refractivity contribution in [2.75, 3.05) is 20.8 Å². The molecule has 5 nitrogen and oxygen atoms in total. The van der Waals surface area contributed by atoms with Gasteiger partial charge in [0.1, 0.15) is 0 Å². The van der Waals surface area contributed by atoms with Gasteiger partial charge in [0.05, 0.1) is 25.3 Å². The van der Waals surface area contributed by atoms with E-state index in [4.69, 9.17) is 9.47 Å². The fraction of sp³-hybridized carbons (Fsp3) is 0.200. The van der Waals surface area contributed by atoms with Crippen LogP contribution >= 0.6 is 0 Å². The predicted molar refractivity (Wildman–Crippen MR) is 97.3 cm³/mol. The van der Waals surface area contributed by atoms with Crippen LogP contribution in [0.3, 0.4) is 0 Å². The van der Waals surface area contributed by atoms with Crippen molar-refractivity contribution in [2.45, 2.75) is 6.42 Å². The second-order valence-electron chi connectivity index (χ2n) is 5.58. The van der Waals surface area contributed by atoms with Crippen LogP contribution in [-0.4, -0.2) is 31.7 Å². The molecule has 0 bridgehead atoms. The molecule has 0 spiro atoms. The molecule has 0 radical (unpaired) electrons. The molecule has 0 aliphatic heterocycles. The van der Waals surface area contributed by atoms with Gasteiger partial charge in [-0.1, -0.05) is 24.3 Å². The number of benzene rings is 2. The van der Waals surface area contributed by atoms with Crippen molar-refractivity contribution in [3.05, 3.63) is 65.9 Å². The summed E-state index contributed by atoms with van der Waals surface area (Å²) < 4.78 is 10.5. The lowest BCUT2D eigenvalue weighted by molar-refractivity contribution is 0.0955. The van der Waals surface area contributed by atoms with Gasteiger partial charge >= 0.3 is 0 Å². The van der Waals surface area contributed by atoms with Crippen LogP contribution in [0.1, 0.15) is 15.9 Å². The Labute approximate surface area is 146 Å². The monoisotopic (exact) mass is 336 g/mol. The maximum atomic E-state index is 12.5. The summed E-state index contributed by atoms with van der Waals surface area (Å²) in [5, 5.41) is 3.91. The van der Waals surface area contributed by atoms with E-state index in [2.05, 4.69) is 10.3 Å². The van der Waals surface area contributed by atoms with Gasteiger partial charge in [0.25, 0.3) is 5.91 Å². The zero-order valence-corrected chi connectivity index (χ0v) is 14.3. The van der Waals surface area contributed by atoms with E-state index in [1.807, 2.05) is 42.5 Å². The molecule has 3 aromatic rings. The van der Waals surface area contributed by atoms with E-state index < -0.39 is 0 Å². The Hall–Kier alpha value is -3.08. The maximum absolute atomic E-state index is 12.5. The van der Waals surface area contributed by atoms with Gasteiger partial charge in [-0.05, 0) is 36.2 Å². The largest absolute Gasteiger partial charge is 0.493 e. The van der Waals surface area contributed by atoms with E-state index in [0.29, 0.717) is 35.5 Å². The lowest BCUT2D eigenvalue weighted by atomic mass is 10.1. The summed E-state index contributed by atoms with van der Waals surface area (Å²) in [6.45, 7) is 0.525. The van der Waals surface area contributed by atoms with Crippen molar-refractivity contribution in [1.29, 1.82) is 0 Å². The number of carbonyl (C=O) groups excluding carboxylic acids is 1. The molecule has 0 saturated carbocycles. The molecule has 0 fully saturated rings. The number of aromatic nitrogens is 1. The molecule has 1 aromatic heterocycles. The van der Waals surface area contributed by atoms with Crippen LogP contribution in [-0.2, 0) is 6.42 Å². The first-order valence-electron chi connectivity index (χ1n) is 8.06. The number of nitrogens with zero attached hydrogens (tertiary/aromatic N) is 1. The lowest BCUT2D eigenvalue weighted by Crippen LogP contribution is -2.26. The Morgan fingerprint density at radius 1 is 1.04 bits per heavy atom. The van der Waals surface area contributed by atoms with E-state index in [1.54, 1.807) is 26.5 Å². The fourth-order valence-corrected chi connectivity index (χ4v) is 2.74. The predicted octanol–water partition coefficient (Wildman–Crippen LogP) is 3.22. The van der Waals surface area contributed by atoms with Crippen LogP contribution < -0.4 is 14.8 Å². The minimum absolute atomic E-state index is 0.121. The van der Waals surface area contributed by atoms with Gasteiger partial charge in [0.2, 0.25) is 0 Å². The highest BCUT2D eigenvalue weighted by Gasteiger charge is 2.10. The Morgan fingerprint density at radius 2 is 1.84 bits per heavy atom. The molecule has 0 aliphatic carbocycles. The summed E-state index contributed by atoms with van der Waals surface area (Å²) in [6, 6.07) is 15.2. The van der Waals surface area contributed by atoms with Crippen LogP contribution in [0, 0.1) is 0 Å². The van der Waals surface area contributed by atoms with E-state index in [0.717, 1.165) is 10.9 Å². The summed E-state index contributed by atoms with van der Waals surface area (Å²) in [4.78, 5) is 16.8. The smallest absolute Gasteiger partial charge is 0.253 e. The molecule has 25 heavy (non-hydrogen) atoms. The molecule has 1 N–H and O–H groups in total. The standard InChI is InChI=1S/C20H20N2O3/c1-24-17-9-8-14(13-18(17)25-2)10-12-22-20(23)16-7-3-5-15-6-4-11-21-19(15)16/h3-9,11,13H,10,12H2,1-2H3,(H,22,23). The van der Waals surface area contributed by atoms with Gasteiger partial charge in [0.15, 0.2) is 11.5 Å². The first-order valence-corrected chi connectivity index (χ1v) is 8.06. The Bertz CT molecular complexity index is 888. The fourth-order valence-electron chi connectivity index (χ4n) is 2.74. The van der Waals surface area contributed by atoms with Crippen molar-refractivity contribution >= 4 is 16.8 Å². The summed E-state index contributed by atoms with van der Waals surface area (Å²) in [5.41, 5.74) is 2.37. The Kier molecular flexibility index (Phi) is 5.14. The number of fused-ring (bicyclic) bond motifs is 1. The van der Waals surface area contributed by atoms with Gasteiger partial charge in [-0.3, -0.25) is 9.78 Å². The van der Waals surface area contributed by atoms with E-state index in [1.165, 1.54) is 0 Å². The van der Waals surface area contributed by atoms with Crippen LogP contribution in [0.4, 0.5) is 0 Å². The molecule has 1 amide bonds. The quantitative estimate of drug-likeness (QED) is 0.751. The summed E-state index contributed by atoms with van der Waals surface area (Å²) in [5.74, 6) is 1.26. The highest BCUT2D eigenvalue weighted by atomic mass is 16.5. The van der Waals surface area contributed by atoms with Crippen LogP contribution in [0.5, 0.6) is 11.5 Å². The highest BCUT2D eigenvalue weighted by molar-refractivity contribution is 6.05. The van der Waals surface area contributed by atoms with Gasteiger partial charge < -0.3 is 14.8 Å². The first kappa shape index (κ1) is 16.8. The van der Waals surface area contributed by atoms with Crippen LogP contribution in [0.15, 0.2) is 54.7 Å². The summed E-state index contributed by atoms with van der Waals surface area (Å²) in [7, 11) is 3.22. The minimum Gasteiger partial charge on any atom is -0.493 e. The molecule has 0 unspecified atom stereocenters. The molecule has 128 valence electrons. The molecule has 1 heterocycles. The molecule has 0 aliphatic rings. The average molecular weight is 336 g/mol. The molecule has 3 rings (SSSR count). The SMILES string of the molecule is COc1ccc(CCNC(=O)c2cccc3cccnc23)cc1OC. The molecular weight excluding hydrogens is 316 g/mol. The van der Waals surface area contributed by atoms with E-state index >= 15 is 0 Å². The Balaban J connectivity index is 1.66. The van der Waals surface area contributed by atoms with E-state index in [-0.39, 0.29) is 5.91 Å². The number of methoxy groups -OCH3 is 2. The summed E-state index contributed by atoms with van der Waals surface area (Å²) >= 11 is 0. The zero-order chi connectivity index (χ0) is 17.6. The number of carbonyl (C=O) groups is 1. The van der Waals surface area contributed by atoms with E-state index in [9.17, 15) is 4.79 Å². The number of rotatable bonds is 6. The van der Waals surface area contributed by atoms with Crippen molar-refractivity contribution in [1.82, 2.24) is 10.3 Å². The Morgan fingerprint density at radius 3 is 2.64 bits per heavy atom. The van der Waals surface area contributed by atoms with Gasteiger partial charge in [-0.25, -0.2) is 0 Å². The van der Waals surface area contributed by atoms with Gasteiger partial charge in [-0.2, -0.15) is 0 Å². The number of pyridine rings is 1. The third-order valence-corrected chi connectivity index (χ3v) is 4.02. The lowest BCUT2D eigenvalue weighted by Gasteiger charge is -2.10. The van der Waals surface area contributed by atoms with Crippen molar-refractivity contribution in [3.8, 4) is 11.5 Å². The number of hydrogen-bond acceptors (Lipinski definition) is 4. The highest BCUT2D eigenvalue weighted by Crippen LogP contribution is 2.27. The van der Waals surface area contributed by atoms with Gasteiger partial charge in [0, 0.05) is 18.1 Å². The zero-order valence-electron chi connectivity index (χ0n) is 14.3. The topological polar surface area (TPSA) is 60.5 Å². The second kappa shape index (κ2) is 7.66. The first-order chi connectivity index (χ1) is 12.2. The number of nitrogens with one attached hydrogen (secondary N) is 1. The van der Waals surface area contributed by atoms with Crippen LogP contribution in [0.25, 0.3) is 10.9 Å². The third kappa shape index (κ3) is 3.71. The molecule has 2 aromatic carbocycles. The average Bonchev–Trinajstić information content (AvgIpc) is 2.67. The molecule has 5 heteroatoms. The normalized spacial score (nSPS) is 10.5. The maximum Gasteiger partial charge on any atom is 0.253 e. The van der Waals surface area contributed by atoms with Gasteiger partial charge in [-0.15, -0.1) is 0 Å². The summed E-state index contributed by atoms with van der Waals surface area (Å²) in [6.07, 6.45) is 2.40. The third-order valence-electron chi connectivity index (χ3n) is 4.02. The van der Waals surface area contributed by atoms with Crippen molar-refractivity contribution in [2.24, 2.45) is 0 Å². The second-order valence-corrected chi connectivity index (χ2v) is 5.58.